The molecule has 2 heterocycles. The van der Waals surface area contributed by atoms with Gasteiger partial charge in [-0.05, 0) is 52.6 Å². The summed E-state index contributed by atoms with van der Waals surface area (Å²) in [6.07, 6.45) is 9.14. The number of furan rings is 1. The number of aromatic nitrogens is 2. The van der Waals surface area contributed by atoms with Gasteiger partial charge in [0.15, 0.2) is 5.78 Å². The number of ketones is 1. The molecule has 0 saturated carbocycles. The SMILES string of the molecule is O=C(/C=C\c1ccccc1-c1cn(C(c2ccccc2)(c2ccccc2)c2ccccc2)cn1)c1ccc2occc2c1. The van der Waals surface area contributed by atoms with Crippen LogP contribution in [-0.4, -0.2) is 15.3 Å². The quantitative estimate of drug-likeness (QED) is 0.107. The molecule has 0 aliphatic rings. The normalized spacial score (nSPS) is 11.7. The van der Waals surface area contributed by atoms with Gasteiger partial charge < -0.3 is 8.98 Å². The van der Waals surface area contributed by atoms with Crippen molar-refractivity contribution in [3.8, 4) is 11.3 Å². The van der Waals surface area contributed by atoms with Crippen LogP contribution in [0.2, 0.25) is 0 Å². The maximum atomic E-state index is 13.1. The molecule has 0 aliphatic carbocycles. The first-order valence-corrected chi connectivity index (χ1v) is 14.2. The largest absolute Gasteiger partial charge is 0.464 e. The van der Waals surface area contributed by atoms with Gasteiger partial charge >= 0.3 is 0 Å². The maximum absolute atomic E-state index is 13.1. The van der Waals surface area contributed by atoms with E-state index in [4.69, 9.17) is 9.40 Å². The Bertz CT molecular complexity index is 1940. The summed E-state index contributed by atoms with van der Waals surface area (Å²) >= 11 is 0. The van der Waals surface area contributed by atoms with Gasteiger partial charge in [-0.15, -0.1) is 0 Å². The smallest absolute Gasteiger partial charge is 0.185 e. The van der Waals surface area contributed by atoms with Crippen molar-refractivity contribution in [1.29, 1.82) is 0 Å². The fourth-order valence-corrected chi connectivity index (χ4v) is 5.89. The third-order valence-corrected chi connectivity index (χ3v) is 7.93. The molecule has 0 N–H and O–H groups in total. The summed E-state index contributed by atoms with van der Waals surface area (Å²) in [4.78, 5) is 18.0. The van der Waals surface area contributed by atoms with Crippen LogP contribution in [0, 0.1) is 0 Å². The lowest BCUT2D eigenvalue weighted by Gasteiger charge is -2.37. The van der Waals surface area contributed by atoms with Crippen LogP contribution in [0.3, 0.4) is 0 Å². The zero-order chi connectivity index (χ0) is 29.1. The van der Waals surface area contributed by atoms with E-state index in [1.807, 2.05) is 73.1 Å². The van der Waals surface area contributed by atoms with Crippen LogP contribution in [0.1, 0.15) is 32.6 Å². The number of carbonyl (C=O) groups excluding carboxylic acids is 1. The summed E-state index contributed by atoms with van der Waals surface area (Å²) < 4.78 is 7.62. The van der Waals surface area contributed by atoms with E-state index in [9.17, 15) is 4.79 Å². The molecular formula is C39H28N2O2. The summed E-state index contributed by atoms with van der Waals surface area (Å²) in [6, 6.07) is 47.0. The second-order valence-electron chi connectivity index (χ2n) is 10.4. The molecule has 4 heteroatoms. The number of allylic oxidation sites excluding steroid dienone is 1. The molecule has 0 aliphatic heterocycles. The summed E-state index contributed by atoms with van der Waals surface area (Å²) in [5, 5.41) is 0.906. The van der Waals surface area contributed by atoms with Gasteiger partial charge in [-0.1, -0.05) is 121 Å². The van der Waals surface area contributed by atoms with Crippen LogP contribution < -0.4 is 0 Å². The molecule has 5 aromatic carbocycles. The van der Waals surface area contributed by atoms with E-state index in [0.29, 0.717) is 5.56 Å². The zero-order valence-electron chi connectivity index (χ0n) is 23.4. The van der Waals surface area contributed by atoms with E-state index in [1.165, 1.54) is 0 Å². The Kier molecular flexibility index (Phi) is 6.86. The minimum Gasteiger partial charge on any atom is -0.464 e. The number of carbonyl (C=O) groups is 1. The highest BCUT2D eigenvalue weighted by molar-refractivity contribution is 6.08. The number of hydrogen-bond acceptors (Lipinski definition) is 3. The Labute approximate surface area is 250 Å². The Morgan fingerprint density at radius 3 is 1.95 bits per heavy atom. The molecule has 7 aromatic rings. The molecule has 0 saturated heterocycles. The Morgan fingerprint density at radius 2 is 1.30 bits per heavy atom. The molecule has 206 valence electrons. The van der Waals surface area contributed by atoms with Gasteiger partial charge in [-0.2, -0.15) is 0 Å². The van der Waals surface area contributed by atoms with Crippen LogP contribution in [0.15, 0.2) is 169 Å². The second-order valence-corrected chi connectivity index (χ2v) is 10.4. The maximum Gasteiger partial charge on any atom is 0.185 e. The fraction of sp³-hybridized carbons (Fsp3) is 0.0256. The summed E-state index contributed by atoms with van der Waals surface area (Å²) in [5.41, 5.74) is 6.79. The van der Waals surface area contributed by atoms with E-state index < -0.39 is 5.54 Å². The first kappa shape index (κ1) is 26.2. The van der Waals surface area contributed by atoms with Crippen LogP contribution in [0.25, 0.3) is 28.3 Å². The topological polar surface area (TPSA) is 48.0 Å². The molecule has 0 radical (unpaired) electrons. The highest BCUT2D eigenvalue weighted by atomic mass is 16.3. The van der Waals surface area contributed by atoms with Crippen molar-refractivity contribution >= 4 is 22.8 Å². The van der Waals surface area contributed by atoms with E-state index in [1.54, 1.807) is 18.4 Å². The molecule has 0 amide bonds. The van der Waals surface area contributed by atoms with Crippen LogP contribution in [0.5, 0.6) is 0 Å². The fourth-order valence-electron chi connectivity index (χ4n) is 5.89. The number of fused-ring (bicyclic) bond motifs is 1. The van der Waals surface area contributed by atoms with E-state index in [-0.39, 0.29) is 5.78 Å². The number of benzene rings is 5. The Hall–Kier alpha value is -5.74. The van der Waals surface area contributed by atoms with Crippen molar-refractivity contribution in [3.05, 3.63) is 192 Å². The zero-order valence-corrected chi connectivity index (χ0v) is 23.4. The minimum absolute atomic E-state index is 0.0697. The summed E-state index contributed by atoms with van der Waals surface area (Å²) in [7, 11) is 0. The third kappa shape index (κ3) is 4.79. The molecule has 7 rings (SSSR count). The predicted molar refractivity (Wildman–Crippen MR) is 172 cm³/mol. The second kappa shape index (κ2) is 11.3. The van der Waals surface area contributed by atoms with Gasteiger partial charge in [0, 0.05) is 22.7 Å². The molecule has 0 atom stereocenters. The highest BCUT2D eigenvalue weighted by Crippen LogP contribution is 2.41. The van der Waals surface area contributed by atoms with Crippen LogP contribution >= 0.6 is 0 Å². The average molecular weight is 557 g/mol. The van der Waals surface area contributed by atoms with Gasteiger partial charge in [0.05, 0.1) is 18.3 Å². The molecule has 0 bridgehead atoms. The lowest BCUT2D eigenvalue weighted by molar-refractivity contribution is 0.104. The molecular weight excluding hydrogens is 528 g/mol. The van der Waals surface area contributed by atoms with Gasteiger partial charge in [-0.3, -0.25) is 4.79 Å². The third-order valence-electron chi connectivity index (χ3n) is 7.93. The van der Waals surface area contributed by atoms with Gasteiger partial charge in [-0.25, -0.2) is 4.98 Å². The molecule has 0 fully saturated rings. The molecule has 0 unspecified atom stereocenters. The first-order valence-electron chi connectivity index (χ1n) is 14.2. The van der Waals surface area contributed by atoms with Crippen molar-refractivity contribution < 1.29 is 9.21 Å². The van der Waals surface area contributed by atoms with E-state index >= 15 is 0 Å². The predicted octanol–water partition coefficient (Wildman–Crippen LogP) is 9.03. The van der Waals surface area contributed by atoms with Crippen molar-refractivity contribution in [2.75, 3.05) is 0 Å². The van der Waals surface area contributed by atoms with E-state index in [0.717, 1.165) is 44.5 Å². The minimum atomic E-state index is -0.651. The lowest BCUT2D eigenvalue weighted by Crippen LogP contribution is -2.36. The standard InChI is InChI=1S/C39H28N2O2/c42-37(30-21-23-38-31(26-30)24-25-43-38)22-20-29-12-10-11-19-35(29)36-27-41(28-40-36)39(32-13-4-1-5-14-32,33-15-6-2-7-16-33)34-17-8-3-9-18-34/h1-28H/b22-20-. The lowest BCUT2D eigenvalue weighted by atomic mass is 9.77. The van der Waals surface area contributed by atoms with E-state index in [2.05, 4.69) is 83.6 Å². The molecule has 43 heavy (non-hydrogen) atoms. The van der Waals surface area contributed by atoms with Crippen molar-refractivity contribution in [2.45, 2.75) is 5.54 Å². The van der Waals surface area contributed by atoms with Gasteiger partial charge in [0.2, 0.25) is 0 Å². The monoisotopic (exact) mass is 556 g/mol. The van der Waals surface area contributed by atoms with Crippen LogP contribution in [0.4, 0.5) is 0 Å². The average Bonchev–Trinajstić information content (AvgIpc) is 3.76. The molecule has 0 spiro atoms. The highest BCUT2D eigenvalue weighted by Gasteiger charge is 2.38. The molecule has 4 nitrogen and oxygen atoms in total. The summed E-state index contributed by atoms with van der Waals surface area (Å²) in [5.74, 6) is -0.0697. The number of rotatable bonds is 8. The number of hydrogen-bond donors (Lipinski definition) is 0. The number of nitrogens with zero attached hydrogens (tertiary/aromatic N) is 2. The first-order chi connectivity index (χ1) is 21.2. The molecule has 2 aromatic heterocycles. The van der Waals surface area contributed by atoms with Crippen molar-refractivity contribution in [2.24, 2.45) is 0 Å². The number of imidazole rings is 1. The van der Waals surface area contributed by atoms with Crippen molar-refractivity contribution in [3.63, 3.8) is 0 Å². The van der Waals surface area contributed by atoms with Gasteiger partial charge in [0.1, 0.15) is 11.1 Å². The Balaban J connectivity index is 1.32. The Morgan fingerprint density at radius 1 is 0.698 bits per heavy atom. The summed E-state index contributed by atoms with van der Waals surface area (Å²) in [6.45, 7) is 0. The van der Waals surface area contributed by atoms with Crippen molar-refractivity contribution in [1.82, 2.24) is 9.55 Å². The van der Waals surface area contributed by atoms with Crippen LogP contribution in [-0.2, 0) is 5.54 Å². The van der Waals surface area contributed by atoms with Gasteiger partial charge in [0.25, 0.3) is 0 Å².